The van der Waals surface area contributed by atoms with Crippen molar-refractivity contribution in [3.63, 3.8) is 0 Å². The van der Waals surface area contributed by atoms with Crippen molar-refractivity contribution in [1.29, 1.82) is 0 Å². The highest BCUT2D eigenvalue weighted by molar-refractivity contribution is 5.24. The van der Waals surface area contributed by atoms with Crippen molar-refractivity contribution >= 4 is 0 Å². The maximum Gasteiger partial charge on any atom is 0.0628 e. The predicted molar refractivity (Wildman–Crippen MR) is 59.5 cm³/mol. The van der Waals surface area contributed by atoms with Crippen LogP contribution in [-0.4, -0.2) is 22.4 Å². The molecule has 0 fully saturated rings. The SMILES string of the molecule is Cc1nn(C)c(C)c1CCNC(C)C. The van der Waals surface area contributed by atoms with Crippen molar-refractivity contribution in [1.82, 2.24) is 15.1 Å². The molecule has 0 aliphatic rings. The van der Waals surface area contributed by atoms with Gasteiger partial charge in [-0.05, 0) is 32.4 Å². The first kappa shape index (κ1) is 11.2. The first-order valence-electron chi connectivity index (χ1n) is 5.24. The minimum atomic E-state index is 0.562. The molecule has 1 N–H and O–H groups in total. The van der Waals surface area contributed by atoms with Crippen molar-refractivity contribution in [2.75, 3.05) is 6.54 Å². The summed E-state index contributed by atoms with van der Waals surface area (Å²) in [4.78, 5) is 0. The topological polar surface area (TPSA) is 29.9 Å². The van der Waals surface area contributed by atoms with Crippen molar-refractivity contribution < 1.29 is 0 Å². The van der Waals surface area contributed by atoms with Gasteiger partial charge in [0.25, 0.3) is 0 Å². The zero-order valence-corrected chi connectivity index (χ0v) is 9.89. The summed E-state index contributed by atoms with van der Waals surface area (Å²) in [6.45, 7) is 9.58. The van der Waals surface area contributed by atoms with Crippen LogP contribution in [0.5, 0.6) is 0 Å². The van der Waals surface area contributed by atoms with Crippen molar-refractivity contribution in [2.45, 2.75) is 40.2 Å². The van der Waals surface area contributed by atoms with Crippen LogP contribution in [-0.2, 0) is 13.5 Å². The molecule has 1 rings (SSSR count). The summed E-state index contributed by atoms with van der Waals surface area (Å²) in [6.07, 6.45) is 1.07. The van der Waals surface area contributed by atoms with E-state index in [1.54, 1.807) is 0 Å². The quantitative estimate of drug-likeness (QED) is 0.790. The normalized spacial score (nSPS) is 11.3. The highest BCUT2D eigenvalue weighted by Gasteiger charge is 2.08. The van der Waals surface area contributed by atoms with E-state index >= 15 is 0 Å². The molecule has 0 aliphatic heterocycles. The largest absolute Gasteiger partial charge is 0.314 e. The van der Waals surface area contributed by atoms with Crippen molar-refractivity contribution in [3.05, 3.63) is 17.0 Å². The summed E-state index contributed by atoms with van der Waals surface area (Å²) in [6, 6.07) is 0.562. The van der Waals surface area contributed by atoms with Gasteiger partial charge in [-0.1, -0.05) is 13.8 Å². The molecule has 0 amide bonds. The average Bonchev–Trinajstić information content (AvgIpc) is 2.31. The highest BCUT2D eigenvalue weighted by atomic mass is 15.3. The van der Waals surface area contributed by atoms with Crippen LogP contribution in [0.2, 0.25) is 0 Å². The lowest BCUT2D eigenvalue weighted by molar-refractivity contribution is 0.589. The maximum atomic E-state index is 4.40. The Balaban J connectivity index is 2.58. The van der Waals surface area contributed by atoms with Crippen LogP contribution in [0.1, 0.15) is 30.8 Å². The molecule has 0 bridgehead atoms. The fourth-order valence-corrected chi connectivity index (χ4v) is 1.67. The summed E-state index contributed by atoms with van der Waals surface area (Å²) in [5.41, 5.74) is 3.84. The molecular formula is C11H21N3. The zero-order valence-electron chi connectivity index (χ0n) is 9.89. The predicted octanol–water partition coefficient (Wildman–Crippen LogP) is 1.58. The Morgan fingerprint density at radius 2 is 2.00 bits per heavy atom. The Hall–Kier alpha value is -0.830. The molecule has 1 heterocycles. The second-order valence-corrected chi connectivity index (χ2v) is 4.13. The van der Waals surface area contributed by atoms with Crippen LogP contribution in [0.3, 0.4) is 0 Å². The Morgan fingerprint density at radius 3 is 2.43 bits per heavy atom. The van der Waals surface area contributed by atoms with Gasteiger partial charge in [0.05, 0.1) is 5.69 Å². The number of aromatic nitrogens is 2. The number of rotatable bonds is 4. The number of aryl methyl sites for hydroxylation is 2. The molecule has 3 heteroatoms. The van der Waals surface area contributed by atoms with Gasteiger partial charge in [0, 0.05) is 18.8 Å². The van der Waals surface area contributed by atoms with Gasteiger partial charge in [-0.15, -0.1) is 0 Å². The molecule has 1 aromatic rings. The van der Waals surface area contributed by atoms with Gasteiger partial charge < -0.3 is 5.32 Å². The lowest BCUT2D eigenvalue weighted by Gasteiger charge is -2.07. The van der Waals surface area contributed by atoms with Gasteiger partial charge in [0.15, 0.2) is 0 Å². The van der Waals surface area contributed by atoms with Gasteiger partial charge in [-0.25, -0.2) is 0 Å². The average molecular weight is 195 g/mol. The summed E-state index contributed by atoms with van der Waals surface area (Å²) in [5, 5.41) is 7.82. The molecule has 0 aromatic carbocycles. The summed E-state index contributed by atoms with van der Waals surface area (Å²) in [5.74, 6) is 0. The second-order valence-electron chi connectivity index (χ2n) is 4.13. The smallest absolute Gasteiger partial charge is 0.0628 e. The Morgan fingerprint density at radius 1 is 1.36 bits per heavy atom. The molecule has 0 atom stereocenters. The summed E-state index contributed by atoms with van der Waals surface area (Å²) in [7, 11) is 2.00. The van der Waals surface area contributed by atoms with E-state index in [9.17, 15) is 0 Å². The van der Waals surface area contributed by atoms with Crippen LogP contribution in [0, 0.1) is 13.8 Å². The Labute approximate surface area is 86.5 Å². The number of nitrogens with one attached hydrogen (secondary N) is 1. The van der Waals surface area contributed by atoms with E-state index in [0.717, 1.165) is 18.7 Å². The molecule has 80 valence electrons. The summed E-state index contributed by atoms with van der Waals surface area (Å²) < 4.78 is 1.96. The third-order valence-electron chi connectivity index (χ3n) is 2.59. The first-order chi connectivity index (χ1) is 6.52. The van der Waals surface area contributed by atoms with Crippen LogP contribution < -0.4 is 5.32 Å². The fourth-order valence-electron chi connectivity index (χ4n) is 1.67. The van der Waals surface area contributed by atoms with Gasteiger partial charge in [0.2, 0.25) is 0 Å². The minimum Gasteiger partial charge on any atom is -0.314 e. The molecule has 0 radical (unpaired) electrons. The van der Waals surface area contributed by atoms with E-state index in [0.29, 0.717) is 6.04 Å². The third-order valence-corrected chi connectivity index (χ3v) is 2.59. The van der Waals surface area contributed by atoms with E-state index < -0.39 is 0 Å². The Bertz CT molecular complexity index is 300. The minimum absolute atomic E-state index is 0.562. The van der Waals surface area contributed by atoms with Gasteiger partial charge in [-0.2, -0.15) is 5.10 Å². The molecule has 0 aliphatic carbocycles. The van der Waals surface area contributed by atoms with Gasteiger partial charge in [-0.3, -0.25) is 4.68 Å². The van der Waals surface area contributed by atoms with Crippen LogP contribution in [0.25, 0.3) is 0 Å². The molecule has 0 saturated heterocycles. The van der Waals surface area contributed by atoms with Crippen molar-refractivity contribution in [3.8, 4) is 0 Å². The van der Waals surface area contributed by atoms with Gasteiger partial charge in [0.1, 0.15) is 0 Å². The van der Waals surface area contributed by atoms with Crippen LogP contribution in [0.15, 0.2) is 0 Å². The van der Waals surface area contributed by atoms with E-state index in [2.05, 4.69) is 38.1 Å². The van der Waals surface area contributed by atoms with Gasteiger partial charge >= 0.3 is 0 Å². The lowest BCUT2D eigenvalue weighted by Crippen LogP contribution is -2.25. The fraction of sp³-hybridized carbons (Fsp3) is 0.727. The highest BCUT2D eigenvalue weighted by Crippen LogP contribution is 2.11. The van der Waals surface area contributed by atoms with E-state index in [1.165, 1.54) is 11.3 Å². The second kappa shape index (κ2) is 4.60. The molecule has 14 heavy (non-hydrogen) atoms. The number of hydrogen-bond donors (Lipinski definition) is 1. The molecule has 0 unspecified atom stereocenters. The molecule has 0 saturated carbocycles. The monoisotopic (exact) mass is 195 g/mol. The van der Waals surface area contributed by atoms with E-state index in [1.807, 2.05) is 11.7 Å². The molecule has 0 spiro atoms. The summed E-state index contributed by atoms with van der Waals surface area (Å²) >= 11 is 0. The maximum absolute atomic E-state index is 4.40. The van der Waals surface area contributed by atoms with Crippen molar-refractivity contribution in [2.24, 2.45) is 7.05 Å². The first-order valence-corrected chi connectivity index (χ1v) is 5.24. The number of hydrogen-bond acceptors (Lipinski definition) is 2. The van der Waals surface area contributed by atoms with Crippen LogP contribution in [0.4, 0.5) is 0 Å². The zero-order chi connectivity index (χ0) is 10.7. The third kappa shape index (κ3) is 2.58. The molecular weight excluding hydrogens is 174 g/mol. The molecule has 3 nitrogen and oxygen atoms in total. The molecule has 1 aromatic heterocycles. The lowest BCUT2D eigenvalue weighted by atomic mass is 10.1. The standard InChI is InChI=1S/C11H21N3/c1-8(2)12-7-6-11-9(3)13-14(5)10(11)4/h8,12H,6-7H2,1-5H3. The van der Waals surface area contributed by atoms with E-state index in [4.69, 9.17) is 0 Å². The van der Waals surface area contributed by atoms with Crippen LogP contribution >= 0.6 is 0 Å². The number of nitrogens with zero attached hydrogens (tertiary/aromatic N) is 2. The Kier molecular flexibility index (Phi) is 3.69. The van der Waals surface area contributed by atoms with E-state index in [-0.39, 0.29) is 0 Å².